The van der Waals surface area contributed by atoms with Crippen LogP contribution >= 0.6 is 0 Å². The molecule has 7 nitrogen and oxygen atoms in total. The molecule has 1 amide bonds. The van der Waals surface area contributed by atoms with Gasteiger partial charge in [0.05, 0.1) is 19.4 Å². The molecule has 2 heterocycles. The number of carbonyl (C=O) groups excluding carboxylic acids is 1. The zero-order valence-corrected chi connectivity index (χ0v) is 15.4. The quantitative estimate of drug-likeness (QED) is 0.717. The SMILES string of the molecule is COc1ccccc1C1=NOC(C(=O)Nc2ccn(Cc3ccccc3)n2)C1. The van der Waals surface area contributed by atoms with E-state index in [1.165, 1.54) is 0 Å². The molecule has 0 saturated heterocycles. The number of hydrogen-bond acceptors (Lipinski definition) is 5. The number of methoxy groups -OCH3 is 1. The van der Waals surface area contributed by atoms with Gasteiger partial charge in [-0.3, -0.25) is 9.48 Å². The van der Waals surface area contributed by atoms with Gasteiger partial charge in [0.15, 0.2) is 5.82 Å². The van der Waals surface area contributed by atoms with Crippen LogP contribution in [0.2, 0.25) is 0 Å². The Morgan fingerprint density at radius 2 is 1.96 bits per heavy atom. The number of benzene rings is 2. The number of anilines is 1. The summed E-state index contributed by atoms with van der Waals surface area (Å²) in [4.78, 5) is 17.9. The molecule has 0 aliphatic carbocycles. The molecule has 0 bridgehead atoms. The average molecular weight is 376 g/mol. The van der Waals surface area contributed by atoms with E-state index in [0.29, 0.717) is 30.2 Å². The van der Waals surface area contributed by atoms with Gasteiger partial charge in [-0.25, -0.2) is 0 Å². The molecular formula is C21H20N4O3. The van der Waals surface area contributed by atoms with E-state index in [0.717, 1.165) is 11.1 Å². The Balaban J connectivity index is 1.36. The van der Waals surface area contributed by atoms with Crippen molar-refractivity contribution in [2.45, 2.75) is 19.1 Å². The molecular weight excluding hydrogens is 356 g/mol. The third-order valence-corrected chi connectivity index (χ3v) is 4.46. The molecule has 1 atom stereocenters. The average Bonchev–Trinajstić information content (AvgIpc) is 3.38. The second-order valence-electron chi connectivity index (χ2n) is 6.41. The Morgan fingerprint density at radius 1 is 1.18 bits per heavy atom. The molecule has 3 aromatic rings. The predicted octanol–water partition coefficient (Wildman–Crippen LogP) is 3.07. The van der Waals surface area contributed by atoms with Crippen LogP contribution in [0.1, 0.15) is 17.5 Å². The molecule has 0 radical (unpaired) electrons. The predicted molar refractivity (Wildman–Crippen MR) is 105 cm³/mol. The van der Waals surface area contributed by atoms with Crippen molar-refractivity contribution >= 4 is 17.4 Å². The number of hydrogen-bond donors (Lipinski definition) is 1. The lowest BCUT2D eigenvalue weighted by atomic mass is 10.0. The highest BCUT2D eigenvalue weighted by molar-refractivity contribution is 6.07. The van der Waals surface area contributed by atoms with E-state index in [4.69, 9.17) is 9.57 Å². The van der Waals surface area contributed by atoms with E-state index in [1.54, 1.807) is 17.9 Å². The normalized spacial score (nSPS) is 15.6. The van der Waals surface area contributed by atoms with Gasteiger partial charge in [-0.05, 0) is 17.7 Å². The van der Waals surface area contributed by atoms with Crippen LogP contribution < -0.4 is 10.1 Å². The standard InChI is InChI=1S/C21H20N4O3/c1-27-18-10-6-5-9-16(18)17-13-19(28-24-17)21(26)22-20-11-12-25(23-20)14-15-7-3-2-4-8-15/h2-12,19H,13-14H2,1H3,(H,22,23,26). The molecule has 142 valence electrons. The molecule has 1 aliphatic rings. The van der Waals surface area contributed by atoms with Gasteiger partial charge < -0.3 is 14.9 Å². The van der Waals surface area contributed by atoms with Crippen LogP contribution in [0.3, 0.4) is 0 Å². The number of ether oxygens (including phenoxy) is 1. The van der Waals surface area contributed by atoms with Gasteiger partial charge in [0.2, 0.25) is 6.10 Å². The van der Waals surface area contributed by atoms with Crippen molar-refractivity contribution in [3.63, 3.8) is 0 Å². The third-order valence-electron chi connectivity index (χ3n) is 4.46. The monoisotopic (exact) mass is 376 g/mol. The summed E-state index contributed by atoms with van der Waals surface area (Å²) in [5.41, 5.74) is 2.65. The smallest absolute Gasteiger partial charge is 0.269 e. The first-order chi connectivity index (χ1) is 13.7. The first kappa shape index (κ1) is 17.8. The zero-order chi connectivity index (χ0) is 19.3. The van der Waals surface area contributed by atoms with Crippen molar-refractivity contribution < 1.29 is 14.4 Å². The van der Waals surface area contributed by atoms with Gasteiger partial charge >= 0.3 is 0 Å². The third kappa shape index (κ3) is 3.88. The maximum Gasteiger partial charge on any atom is 0.269 e. The number of nitrogens with zero attached hydrogens (tertiary/aromatic N) is 3. The van der Waals surface area contributed by atoms with E-state index in [1.807, 2.05) is 60.8 Å². The molecule has 1 aromatic heterocycles. The maximum absolute atomic E-state index is 12.5. The summed E-state index contributed by atoms with van der Waals surface area (Å²) in [5.74, 6) is 0.902. The maximum atomic E-state index is 12.5. The fourth-order valence-electron chi connectivity index (χ4n) is 3.05. The van der Waals surface area contributed by atoms with Gasteiger partial charge in [-0.1, -0.05) is 47.6 Å². The fraction of sp³-hybridized carbons (Fsp3) is 0.190. The highest BCUT2D eigenvalue weighted by Crippen LogP contribution is 2.25. The molecule has 0 spiro atoms. The summed E-state index contributed by atoms with van der Waals surface area (Å²) in [6.45, 7) is 0.637. The summed E-state index contributed by atoms with van der Waals surface area (Å²) in [6.07, 6.45) is 1.51. The summed E-state index contributed by atoms with van der Waals surface area (Å²) in [6, 6.07) is 19.3. The molecule has 0 saturated carbocycles. The fourth-order valence-corrected chi connectivity index (χ4v) is 3.05. The topological polar surface area (TPSA) is 77.7 Å². The molecule has 7 heteroatoms. The number of oxime groups is 1. The lowest BCUT2D eigenvalue weighted by Crippen LogP contribution is -2.28. The van der Waals surface area contributed by atoms with Crippen LogP contribution in [-0.4, -0.2) is 34.6 Å². The summed E-state index contributed by atoms with van der Waals surface area (Å²) in [7, 11) is 1.60. The van der Waals surface area contributed by atoms with E-state index >= 15 is 0 Å². The van der Waals surface area contributed by atoms with E-state index in [-0.39, 0.29) is 5.91 Å². The summed E-state index contributed by atoms with van der Waals surface area (Å²) >= 11 is 0. The van der Waals surface area contributed by atoms with Gasteiger partial charge in [0.25, 0.3) is 5.91 Å². The molecule has 2 aromatic carbocycles. The van der Waals surface area contributed by atoms with Crippen molar-refractivity contribution in [1.82, 2.24) is 9.78 Å². The van der Waals surface area contributed by atoms with Crippen LogP contribution in [0.4, 0.5) is 5.82 Å². The van der Waals surface area contributed by atoms with Crippen molar-refractivity contribution in [2.24, 2.45) is 5.16 Å². The number of rotatable bonds is 6. The van der Waals surface area contributed by atoms with Crippen molar-refractivity contribution in [2.75, 3.05) is 12.4 Å². The number of nitrogens with one attached hydrogen (secondary N) is 1. The van der Waals surface area contributed by atoms with E-state index in [9.17, 15) is 4.79 Å². The molecule has 1 N–H and O–H groups in total. The van der Waals surface area contributed by atoms with Crippen LogP contribution in [0.15, 0.2) is 72.0 Å². The number of para-hydroxylation sites is 1. The van der Waals surface area contributed by atoms with Crippen molar-refractivity contribution in [1.29, 1.82) is 0 Å². The van der Waals surface area contributed by atoms with Gasteiger partial charge in [0.1, 0.15) is 5.75 Å². The van der Waals surface area contributed by atoms with Crippen LogP contribution in [0.25, 0.3) is 0 Å². The number of amides is 1. The minimum atomic E-state index is -0.695. The van der Waals surface area contributed by atoms with Crippen molar-refractivity contribution in [3.8, 4) is 5.75 Å². The minimum Gasteiger partial charge on any atom is -0.496 e. The summed E-state index contributed by atoms with van der Waals surface area (Å²) < 4.78 is 7.13. The highest BCUT2D eigenvalue weighted by atomic mass is 16.6. The molecule has 0 fully saturated rings. The minimum absolute atomic E-state index is 0.279. The first-order valence-electron chi connectivity index (χ1n) is 8.97. The second kappa shape index (κ2) is 7.96. The molecule has 1 unspecified atom stereocenters. The Morgan fingerprint density at radius 3 is 2.79 bits per heavy atom. The highest BCUT2D eigenvalue weighted by Gasteiger charge is 2.30. The Labute approximate surface area is 162 Å². The molecule has 28 heavy (non-hydrogen) atoms. The van der Waals surface area contributed by atoms with Gasteiger partial charge in [0, 0.05) is 24.2 Å². The van der Waals surface area contributed by atoms with E-state index < -0.39 is 6.10 Å². The number of aromatic nitrogens is 2. The first-order valence-corrected chi connectivity index (χ1v) is 8.97. The Bertz CT molecular complexity index is 998. The van der Waals surface area contributed by atoms with Crippen LogP contribution in [-0.2, 0) is 16.2 Å². The van der Waals surface area contributed by atoms with Gasteiger partial charge in [-0.15, -0.1) is 0 Å². The summed E-state index contributed by atoms with van der Waals surface area (Å²) in [5, 5.41) is 11.3. The van der Waals surface area contributed by atoms with Crippen LogP contribution in [0.5, 0.6) is 5.75 Å². The Hall–Kier alpha value is -3.61. The van der Waals surface area contributed by atoms with Crippen LogP contribution in [0, 0.1) is 0 Å². The molecule has 4 rings (SSSR count). The number of carbonyl (C=O) groups is 1. The second-order valence-corrected chi connectivity index (χ2v) is 6.41. The zero-order valence-electron chi connectivity index (χ0n) is 15.4. The largest absolute Gasteiger partial charge is 0.496 e. The van der Waals surface area contributed by atoms with Crippen molar-refractivity contribution in [3.05, 3.63) is 78.0 Å². The lowest BCUT2D eigenvalue weighted by molar-refractivity contribution is -0.125. The Kier molecular flexibility index (Phi) is 5.05. The van der Waals surface area contributed by atoms with Gasteiger partial charge in [-0.2, -0.15) is 5.10 Å². The lowest BCUT2D eigenvalue weighted by Gasteiger charge is -2.08. The molecule has 1 aliphatic heterocycles. The van der Waals surface area contributed by atoms with E-state index in [2.05, 4.69) is 15.6 Å².